The van der Waals surface area contributed by atoms with Crippen LogP contribution >= 0.6 is 34.5 Å². The van der Waals surface area contributed by atoms with E-state index in [9.17, 15) is 10.1 Å². The van der Waals surface area contributed by atoms with E-state index < -0.39 is 0 Å². The molecule has 0 bridgehead atoms. The number of nitriles is 1. The standard InChI is InChI=1S/C24H13Cl2N7OS/c25-15-1-2-16(18(26)10-15)20-17(11-27)21(35-22(20)23-30-12-31-33-23)14-5-8-29-19(9-14)32-24(34)13-3-6-28-7-4-13/h1-10,12H,(H,29,32,34)(H,30,31,33). The summed E-state index contributed by atoms with van der Waals surface area (Å²) in [5, 5.41) is 20.7. The predicted molar refractivity (Wildman–Crippen MR) is 135 cm³/mol. The number of aromatic amines is 1. The molecule has 1 amide bonds. The second kappa shape index (κ2) is 9.64. The molecule has 2 N–H and O–H groups in total. The van der Waals surface area contributed by atoms with E-state index in [2.05, 4.69) is 36.5 Å². The smallest absolute Gasteiger partial charge is 0.256 e. The van der Waals surface area contributed by atoms with E-state index in [0.29, 0.717) is 59.3 Å². The molecule has 0 atom stereocenters. The molecule has 8 nitrogen and oxygen atoms in total. The third kappa shape index (κ3) is 4.50. The fraction of sp³-hybridized carbons (Fsp3) is 0. The number of nitrogens with one attached hydrogen (secondary N) is 2. The highest BCUT2D eigenvalue weighted by Gasteiger charge is 2.25. The molecule has 0 unspecified atom stereocenters. The van der Waals surface area contributed by atoms with Crippen LogP contribution in [0.25, 0.3) is 32.3 Å². The molecule has 0 spiro atoms. The molecule has 0 saturated heterocycles. The van der Waals surface area contributed by atoms with Crippen LogP contribution in [-0.4, -0.2) is 31.1 Å². The lowest BCUT2D eigenvalue weighted by Gasteiger charge is -2.07. The Hall–Kier alpha value is -4.10. The van der Waals surface area contributed by atoms with Gasteiger partial charge in [-0.2, -0.15) is 10.4 Å². The number of thiophene rings is 1. The van der Waals surface area contributed by atoms with E-state index in [1.54, 1.807) is 48.7 Å². The minimum Gasteiger partial charge on any atom is -0.307 e. The van der Waals surface area contributed by atoms with Gasteiger partial charge in [-0.25, -0.2) is 9.97 Å². The van der Waals surface area contributed by atoms with Crippen LogP contribution in [0, 0.1) is 11.3 Å². The van der Waals surface area contributed by atoms with E-state index >= 15 is 0 Å². The van der Waals surface area contributed by atoms with Crippen molar-refractivity contribution in [1.82, 2.24) is 25.1 Å². The molecule has 170 valence electrons. The van der Waals surface area contributed by atoms with Gasteiger partial charge in [-0.15, -0.1) is 11.3 Å². The molecule has 11 heteroatoms. The summed E-state index contributed by atoms with van der Waals surface area (Å²) in [6.45, 7) is 0. The quantitative estimate of drug-likeness (QED) is 0.291. The SMILES string of the molecule is N#Cc1c(-c2ccnc(NC(=O)c3ccncc3)c2)sc(-c2ncn[nH]2)c1-c1ccc(Cl)cc1Cl. The predicted octanol–water partition coefficient (Wildman–Crippen LogP) is 6.09. The monoisotopic (exact) mass is 517 g/mol. The number of carbonyl (C=O) groups is 1. The molecular weight excluding hydrogens is 505 g/mol. The van der Waals surface area contributed by atoms with Crippen molar-refractivity contribution in [2.75, 3.05) is 5.32 Å². The van der Waals surface area contributed by atoms with Crippen LogP contribution in [0.1, 0.15) is 15.9 Å². The third-order valence-electron chi connectivity index (χ3n) is 5.06. The molecule has 5 aromatic rings. The van der Waals surface area contributed by atoms with Gasteiger partial charge >= 0.3 is 0 Å². The van der Waals surface area contributed by atoms with Gasteiger partial charge in [-0.1, -0.05) is 29.3 Å². The zero-order chi connectivity index (χ0) is 24.4. The number of halogens is 2. The van der Waals surface area contributed by atoms with Gasteiger partial charge in [-0.05, 0) is 42.0 Å². The van der Waals surface area contributed by atoms with Crippen molar-refractivity contribution in [2.24, 2.45) is 0 Å². The summed E-state index contributed by atoms with van der Waals surface area (Å²) in [4.78, 5) is 26.4. The van der Waals surface area contributed by atoms with Crippen LogP contribution in [0.4, 0.5) is 5.82 Å². The first-order valence-corrected chi connectivity index (χ1v) is 11.7. The number of benzene rings is 1. The minimum absolute atomic E-state index is 0.320. The summed E-state index contributed by atoms with van der Waals surface area (Å²) in [5.74, 6) is 0.521. The van der Waals surface area contributed by atoms with Crippen molar-refractivity contribution in [2.45, 2.75) is 0 Å². The summed E-state index contributed by atoms with van der Waals surface area (Å²) < 4.78 is 0. The lowest BCUT2D eigenvalue weighted by molar-refractivity contribution is 0.102. The third-order valence-corrected chi connectivity index (χ3v) is 6.85. The highest BCUT2D eigenvalue weighted by Crippen LogP contribution is 2.48. The van der Waals surface area contributed by atoms with Crippen LogP contribution in [0.5, 0.6) is 0 Å². The first-order valence-electron chi connectivity index (χ1n) is 10.1. The Kier molecular flexibility index (Phi) is 6.25. The Morgan fingerprint density at radius 3 is 2.57 bits per heavy atom. The topological polar surface area (TPSA) is 120 Å². The van der Waals surface area contributed by atoms with Crippen LogP contribution in [0.2, 0.25) is 10.0 Å². The maximum atomic E-state index is 12.6. The van der Waals surface area contributed by atoms with Crippen LogP contribution in [-0.2, 0) is 0 Å². The van der Waals surface area contributed by atoms with E-state index in [0.717, 1.165) is 0 Å². The van der Waals surface area contributed by atoms with E-state index in [-0.39, 0.29) is 5.91 Å². The number of hydrogen-bond acceptors (Lipinski definition) is 7. The summed E-state index contributed by atoms with van der Waals surface area (Å²) >= 11 is 14.0. The van der Waals surface area contributed by atoms with Crippen LogP contribution in [0.15, 0.2) is 67.4 Å². The van der Waals surface area contributed by atoms with E-state index in [4.69, 9.17) is 23.2 Å². The summed E-state index contributed by atoms with van der Waals surface area (Å²) in [5.41, 5.74) is 2.81. The molecule has 4 aromatic heterocycles. The van der Waals surface area contributed by atoms with Gasteiger partial charge in [0, 0.05) is 45.3 Å². The number of H-pyrrole nitrogens is 1. The summed E-state index contributed by atoms with van der Waals surface area (Å²) in [6.07, 6.45) is 6.05. The van der Waals surface area contributed by atoms with Crippen molar-refractivity contribution in [1.29, 1.82) is 5.26 Å². The second-order valence-electron chi connectivity index (χ2n) is 7.20. The Labute approximate surface area is 213 Å². The molecule has 0 aliphatic heterocycles. The number of rotatable bonds is 5. The summed E-state index contributed by atoms with van der Waals surface area (Å²) in [6, 6.07) is 14.1. The molecule has 0 aliphatic rings. The van der Waals surface area contributed by atoms with E-state index in [1.807, 2.05) is 0 Å². The number of amides is 1. The van der Waals surface area contributed by atoms with Gasteiger partial charge in [0.05, 0.1) is 15.3 Å². The lowest BCUT2D eigenvalue weighted by Crippen LogP contribution is -2.12. The maximum Gasteiger partial charge on any atom is 0.256 e. The van der Waals surface area contributed by atoms with Crippen molar-refractivity contribution >= 4 is 46.3 Å². The molecule has 35 heavy (non-hydrogen) atoms. The number of nitrogens with zero attached hydrogens (tertiary/aromatic N) is 5. The molecule has 4 heterocycles. The first kappa shape index (κ1) is 22.7. The number of anilines is 1. The molecule has 0 aliphatic carbocycles. The normalized spacial score (nSPS) is 10.7. The average molecular weight is 518 g/mol. The minimum atomic E-state index is -0.320. The van der Waals surface area contributed by atoms with Crippen molar-refractivity contribution < 1.29 is 4.79 Å². The van der Waals surface area contributed by atoms with Gasteiger partial charge in [0.2, 0.25) is 0 Å². The van der Waals surface area contributed by atoms with Gasteiger partial charge < -0.3 is 5.32 Å². The molecular formula is C24H13Cl2N7OS. The number of pyridine rings is 2. The molecule has 5 rings (SSSR count). The average Bonchev–Trinajstić information content (AvgIpc) is 3.53. The van der Waals surface area contributed by atoms with Crippen LogP contribution < -0.4 is 5.32 Å². The fourth-order valence-corrected chi connectivity index (χ4v) is 5.21. The number of carbonyl (C=O) groups excluding carboxylic acids is 1. The Morgan fingerprint density at radius 1 is 1.03 bits per heavy atom. The summed E-state index contributed by atoms with van der Waals surface area (Å²) in [7, 11) is 0. The maximum absolute atomic E-state index is 12.6. The highest BCUT2D eigenvalue weighted by atomic mass is 35.5. The van der Waals surface area contributed by atoms with Crippen LogP contribution in [0.3, 0.4) is 0 Å². The van der Waals surface area contributed by atoms with Gasteiger partial charge in [-0.3, -0.25) is 14.9 Å². The van der Waals surface area contributed by atoms with E-state index in [1.165, 1.54) is 30.1 Å². The van der Waals surface area contributed by atoms with Gasteiger partial charge in [0.1, 0.15) is 18.2 Å². The zero-order valence-electron chi connectivity index (χ0n) is 17.7. The van der Waals surface area contributed by atoms with Gasteiger partial charge in [0.25, 0.3) is 5.91 Å². The molecule has 1 aromatic carbocycles. The molecule has 0 radical (unpaired) electrons. The fourth-order valence-electron chi connectivity index (χ4n) is 3.50. The number of aromatic nitrogens is 5. The Morgan fingerprint density at radius 2 is 1.86 bits per heavy atom. The number of hydrogen-bond donors (Lipinski definition) is 2. The zero-order valence-corrected chi connectivity index (χ0v) is 20.0. The lowest BCUT2D eigenvalue weighted by atomic mass is 9.98. The Bertz CT molecular complexity index is 1580. The molecule has 0 saturated carbocycles. The first-order chi connectivity index (χ1) is 17.0. The highest BCUT2D eigenvalue weighted by molar-refractivity contribution is 7.19. The van der Waals surface area contributed by atoms with Gasteiger partial charge in [0.15, 0.2) is 5.82 Å². The van der Waals surface area contributed by atoms with Crippen molar-refractivity contribution in [3.05, 3.63) is 88.6 Å². The second-order valence-corrected chi connectivity index (χ2v) is 9.06. The van der Waals surface area contributed by atoms with Crippen molar-refractivity contribution in [3.8, 4) is 38.3 Å². The largest absolute Gasteiger partial charge is 0.307 e. The Balaban J connectivity index is 1.63. The molecule has 0 fully saturated rings. The van der Waals surface area contributed by atoms with Crippen molar-refractivity contribution in [3.63, 3.8) is 0 Å².